The van der Waals surface area contributed by atoms with Gasteiger partial charge in [0.25, 0.3) is 0 Å². The highest BCUT2D eigenvalue weighted by Gasteiger charge is 2.30. The van der Waals surface area contributed by atoms with Crippen LogP contribution in [0, 0.1) is 3.57 Å². The molecule has 0 radical (unpaired) electrons. The molecule has 0 N–H and O–H groups in total. The van der Waals surface area contributed by atoms with Crippen molar-refractivity contribution >= 4 is 40.0 Å². The van der Waals surface area contributed by atoms with Gasteiger partial charge in [-0.15, -0.1) is 0 Å². The Balaban J connectivity index is 2.38. The molecule has 3 heteroatoms. The summed E-state index contributed by atoms with van der Waals surface area (Å²) in [6.45, 7) is 0. The molecule has 0 bridgehead atoms. The molecule has 1 aromatic carbocycles. The summed E-state index contributed by atoms with van der Waals surface area (Å²) in [7, 11) is 0. The van der Waals surface area contributed by atoms with Crippen LogP contribution >= 0.6 is 34.2 Å². The van der Waals surface area contributed by atoms with Crippen molar-refractivity contribution in [3.63, 3.8) is 0 Å². The minimum Gasteiger partial charge on any atom is -0.299 e. The van der Waals surface area contributed by atoms with Gasteiger partial charge in [0, 0.05) is 20.9 Å². The number of hydrogen-bond donors (Lipinski definition) is 0. The first-order chi connectivity index (χ1) is 6.18. The zero-order valence-corrected chi connectivity index (χ0v) is 9.80. The van der Waals surface area contributed by atoms with E-state index in [4.69, 9.17) is 11.6 Å². The van der Waals surface area contributed by atoms with Crippen LogP contribution in [0.3, 0.4) is 0 Å². The second-order valence-electron chi connectivity index (χ2n) is 3.22. The maximum atomic E-state index is 11.2. The van der Waals surface area contributed by atoms with Crippen LogP contribution in [0.5, 0.6) is 0 Å². The zero-order valence-electron chi connectivity index (χ0n) is 6.89. The third-order valence-corrected chi connectivity index (χ3v) is 3.62. The van der Waals surface area contributed by atoms with Crippen LogP contribution in [0.2, 0.25) is 5.02 Å². The second kappa shape index (κ2) is 3.58. The average Bonchev–Trinajstić information content (AvgIpc) is 2.09. The quantitative estimate of drug-likeness (QED) is 0.727. The summed E-state index contributed by atoms with van der Waals surface area (Å²) in [6, 6.07) is 5.73. The highest BCUT2D eigenvalue weighted by atomic mass is 127. The van der Waals surface area contributed by atoms with E-state index in [1.807, 2.05) is 18.2 Å². The smallest absolute Gasteiger partial charge is 0.140 e. The van der Waals surface area contributed by atoms with Gasteiger partial charge in [0.1, 0.15) is 5.78 Å². The molecule has 0 aromatic heterocycles. The Labute approximate surface area is 95.6 Å². The SMILES string of the molecule is O=C1CCC1c1cc(Cl)ccc1I. The van der Waals surface area contributed by atoms with Gasteiger partial charge < -0.3 is 0 Å². The van der Waals surface area contributed by atoms with E-state index in [0.29, 0.717) is 5.78 Å². The van der Waals surface area contributed by atoms with Crippen LogP contribution in [0.4, 0.5) is 0 Å². The minimum atomic E-state index is 0.116. The van der Waals surface area contributed by atoms with Crippen LogP contribution in [-0.4, -0.2) is 5.78 Å². The zero-order chi connectivity index (χ0) is 9.42. The van der Waals surface area contributed by atoms with E-state index in [1.165, 1.54) is 0 Å². The first-order valence-corrected chi connectivity index (χ1v) is 5.62. The molecular weight excluding hydrogens is 298 g/mol. The van der Waals surface area contributed by atoms with Crippen molar-refractivity contribution in [1.82, 2.24) is 0 Å². The Kier molecular flexibility index (Phi) is 2.60. The number of carbonyl (C=O) groups is 1. The molecule has 0 heterocycles. The number of hydrogen-bond acceptors (Lipinski definition) is 1. The average molecular weight is 307 g/mol. The predicted octanol–water partition coefficient (Wildman–Crippen LogP) is 3.39. The number of rotatable bonds is 1. The van der Waals surface area contributed by atoms with Crippen molar-refractivity contribution in [2.45, 2.75) is 18.8 Å². The third kappa shape index (κ3) is 1.74. The lowest BCUT2D eigenvalue weighted by molar-refractivity contribution is -0.125. The van der Waals surface area contributed by atoms with E-state index in [-0.39, 0.29) is 5.92 Å². The fourth-order valence-electron chi connectivity index (χ4n) is 1.52. The molecule has 1 aromatic rings. The largest absolute Gasteiger partial charge is 0.299 e. The first-order valence-electron chi connectivity index (χ1n) is 4.16. The molecule has 1 atom stereocenters. The lowest BCUT2D eigenvalue weighted by Gasteiger charge is -2.25. The summed E-state index contributed by atoms with van der Waals surface area (Å²) >= 11 is 8.12. The molecule has 0 aliphatic heterocycles. The van der Waals surface area contributed by atoms with Gasteiger partial charge in [0.05, 0.1) is 0 Å². The van der Waals surface area contributed by atoms with E-state index >= 15 is 0 Å². The molecule has 1 fully saturated rings. The summed E-state index contributed by atoms with van der Waals surface area (Å²) in [5, 5.41) is 0.718. The standard InChI is InChI=1S/C10H8ClIO/c11-6-1-3-9(12)8(5-6)7-2-4-10(7)13/h1,3,5,7H,2,4H2. The van der Waals surface area contributed by atoms with Crippen molar-refractivity contribution in [3.05, 3.63) is 32.4 Å². The van der Waals surface area contributed by atoms with Crippen molar-refractivity contribution in [2.75, 3.05) is 0 Å². The summed E-state index contributed by atoms with van der Waals surface area (Å²) in [4.78, 5) is 11.2. The van der Waals surface area contributed by atoms with Gasteiger partial charge in [-0.1, -0.05) is 11.6 Å². The Morgan fingerprint density at radius 3 is 2.77 bits per heavy atom. The first kappa shape index (κ1) is 9.46. The van der Waals surface area contributed by atoms with Gasteiger partial charge in [-0.3, -0.25) is 4.79 Å². The Morgan fingerprint density at radius 1 is 1.46 bits per heavy atom. The van der Waals surface area contributed by atoms with Gasteiger partial charge in [0.15, 0.2) is 0 Å². The molecule has 0 spiro atoms. The second-order valence-corrected chi connectivity index (χ2v) is 4.82. The summed E-state index contributed by atoms with van der Waals surface area (Å²) in [5.74, 6) is 0.464. The van der Waals surface area contributed by atoms with Gasteiger partial charge in [-0.25, -0.2) is 0 Å². The van der Waals surface area contributed by atoms with Crippen LogP contribution in [0.15, 0.2) is 18.2 Å². The summed E-state index contributed by atoms with van der Waals surface area (Å²) < 4.78 is 1.14. The highest BCUT2D eigenvalue weighted by Crippen LogP contribution is 2.36. The molecule has 0 saturated heterocycles. The lowest BCUT2D eigenvalue weighted by atomic mass is 9.79. The molecule has 0 amide bonds. The van der Waals surface area contributed by atoms with Crippen LogP contribution in [0.1, 0.15) is 24.3 Å². The van der Waals surface area contributed by atoms with E-state index in [0.717, 1.165) is 27.0 Å². The number of carbonyl (C=O) groups excluding carboxylic acids is 1. The Hall–Kier alpha value is -0.0900. The van der Waals surface area contributed by atoms with Crippen LogP contribution in [0.25, 0.3) is 0 Å². The monoisotopic (exact) mass is 306 g/mol. The number of halogens is 2. The lowest BCUT2D eigenvalue weighted by Crippen LogP contribution is -2.23. The normalized spacial score (nSPS) is 21.4. The molecule has 1 saturated carbocycles. The van der Waals surface area contributed by atoms with Gasteiger partial charge in [-0.05, 0) is 52.8 Å². The summed E-state index contributed by atoms with van der Waals surface area (Å²) in [5.41, 5.74) is 1.10. The summed E-state index contributed by atoms with van der Waals surface area (Å²) in [6.07, 6.45) is 1.71. The topological polar surface area (TPSA) is 17.1 Å². The fourth-order valence-corrected chi connectivity index (χ4v) is 2.41. The van der Waals surface area contributed by atoms with Crippen molar-refractivity contribution in [3.8, 4) is 0 Å². The van der Waals surface area contributed by atoms with Gasteiger partial charge >= 0.3 is 0 Å². The molecule has 1 nitrogen and oxygen atoms in total. The third-order valence-electron chi connectivity index (χ3n) is 2.40. The van der Waals surface area contributed by atoms with Gasteiger partial charge in [0.2, 0.25) is 0 Å². The molecule has 1 aliphatic carbocycles. The van der Waals surface area contributed by atoms with Crippen molar-refractivity contribution < 1.29 is 4.79 Å². The minimum absolute atomic E-state index is 0.116. The van der Waals surface area contributed by atoms with Crippen molar-refractivity contribution in [2.24, 2.45) is 0 Å². The predicted molar refractivity (Wildman–Crippen MR) is 61.2 cm³/mol. The van der Waals surface area contributed by atoms with E-state index in [2.05, 4.69) is 22.6 Å². The maximum absolute atomic E-state index is 11.2. The van der Waals surface area contributed by atoms with E-state index < -0.39 is 0 Å². The molecule has 13 heavy (non-hydrogen) atoms. The molecule has 1 unspecified atom stereocenters. The molecule has 68 valence electrons. The Bertz CT molecular complexity index is 362. The maximum Gasteiger partial charge on any atom is 0.140 e. The molecule has 2 rings (SSSR count). The van der Waals surface area contributed by atoms with E-state index in [9.17, 15) is 4.79 Å². The number of ketones is 1. The highest BCUT2D eigenvalue weighted by molar-refractivity contribution is 14.1. The molecule has 1 aliphatic rings. The van der Waals surface area contributed by atoms with E-state index in [1.54, 1.807) is 0 Å². The fraction of sp³-hybridized carbons (Fsp3) is 0.300. The van der Waals surface area contributed by atoms with Crippen LogP contribution in [-0.2, 0) is 4.79 Å². The number of Topliss-reactive ketones (excluding diaryl/α,β-unsaturated/α-hetero) is 1. The Morgan fingerprint density at radius 2 is 2.23 bits per heavy atom. The molecular formula is C10H8ClIO. The number of benzene rings is 1. The van der Waals surface area contributed by atoms with Crippen LogP contribution < -0.4 is 0 Å². The van der Waals surface area contributed by atoms with Crippen molar-refractivity contribution in [1.29, 1.82) is 0 Å². The van der Waals surface area contributed by atoms with Gasteiger partial charge in [-0.2, -0.15) is 0 Å².